The number of anilines is 1. The van der Waals surface area contributed by atoms with Gasteiger partial charge in [0.1, 0.15) is 16.7 Å². The minimum Gasteiger partial charge on any atom is -0.493 e. The highest BCUT2D eigenvalue weighted by molar-refractivity contribution is 7.16. The van der Waals surface area contributed by atoms with Gasteiger partial charge in [0, 0.05) is 10.4 Å². The lowest BCUT2D eigenvalue weighted by molar-refractivity contribution is 0.341. The van der Waals surface area contributed by atoms with Crippen molar-refractivity contribution < 1.29 is 4.74 Å². The second-order valence-corrected chi connectivity index (χ2v) is 5.46. The first kappa shape index (κ1) is 14.4. The molecular weight excluding hydrogens is 268 g/mol. The van der Waals surface area contributed by atoms with Crippen LogP contribution in [0.5, 0.6) is 5.75 Å². The van der Waals surface area contributed by atoms with Crippen LogP contribution in [0.15, 0.2) is 24.3 Å². The minimum atomic E-state index is 0.592. The van der Waals surface area contributed by atoms with E-state index >= 15 is 0 Å². The number of nitrogens with zero attached hydrogens (tertiary/aromatic N) is 1. The van der Waals surface area contributed by atoms with Crippen LogP contribution in [0.3, 0.4) is 0 Å². The number of rotatable bonds is 5. The van der Waals surface area contributed by atoms with Gasteiger partial charge in [-0.3, -0.25) is 0 Å². The van der Waals surface area contributed by atoms with Crippen molar-refractivity contribution >= 4 is 17.0 Å². The van der Waals surface area contributed by atoms with E-state index in [0.717, 1.165) is 34.6 Å². The van der Waals surface area contributed by atoms with E-state index in [0.29, 0.717) is 17.2 Å². The number of nitrogens with two attached hydrogens (primary N) is 1. The van der Waals surface area contributed by atoms with Crippen molar-refractivity contribution in [2.45, 2.75) is 26.7 Å². The molecule has 1 aromatic carbocycles. The van der Waals surface area contributed by atoms with Gasteiger partial charge in [-0.05, 0) is 31.0 Å². The third-order valence-corrected chi connectivity index (χ3v) is 4.27. The maximum Gasteiger partial charge on any atom is 0.128 e. The molecule has 20 heavy (non-hydrogen) atoms. The number of hydrogen-bond acceptors (Lipinski definition) is 4. The van der Waals surface area contributed by atoms with Crippen LogP contribution >= 0.6 is 11.3 Å². The molecule has 2 N–H and O–H groups in total. The van der Waals surface area contributed by atoms with Gasteiger partial charge in [0.25, 0.3) is 0 Å². The summed E-state index contributed by atoms with van der Waals surface area (Å²) in [7, 11) is 0. The van der Waals surface area contributed by atoms with Gasteiger partial charge in [-0.15, -0.1) is 11.3 Å². The predicted octanol–water partition coefficient (Wildman–Crippen LogP) is 4.22. The summed E-state index contributed by atoms with van der Waals surface area (Å²) >= 11 is 1.45. The number of thiophene rings is 1. The fraction of sp³-hybridized carbons (Fsp3) is 0.312. The summed E-state index contributed by atoms with van der Waals surface area (Å²) in [6, 6.07) is 10.1. The highest BCUT2D eigenvalue weighted by Crippen LogP contribution is 2.42. The van der Waals surface area contributed by atoms with Crippen LogP contribution in [0.4, 0.5) is 5.69 Å². The van der Waals surface area contributed by atoms with Crippen LogP contribution in [0, 0.1) is 11.3 Å². The second-order valence-electron chi connectivity index (χ2n) is 4.44. The molecule has 0 aliphatic heterocycles. The van der Waals surface area contributed by atoms with E-state index in [1.165, 1.54) is 11.3 Å². The van der Waals surface area contributed by atoms with Gasteiger partial charge in [-0.25, -0.2) is 0 Å². The number of benzene rings is 1. The quantitative estimate of drug-likeness (QED) is 0.895. The van der Waals surface area contributed by atoms with Gasteiger partial charge in [-0.1, -0.05) is 25.5 Å². The summed E-state index contributed by atoms with van der Waals surface area (Å²) in [5.41, 5.74) is 8.83. The molecule has 1 aromatic heterocycles. The molecule has 0 aliphatic rings. The van der Waals surface area contributed by atoms with Crippen molar-refractivity contribution in [2.75, 3.05) is 12.3 Å². The summed E-state index contributed by atoms with van der Waals surface area (Å²) in [4.78, 5) is 1.65. The number of para-hydroxylation sites is 1. The third kappa shape index (κ3) is 2.63. The van der Waals surface area contributed by atoms with E-state index < -0.39 is 0 Å². The normalized spacial score (nSPS) is 10.2. The third-order valence-electron chi connectivity index (χ3n) is 3.08. The molecule has 104 valence electrons. The number of nitrogen functional groups attached to an aromatic ring is 1. The van der Waals surface area contributed by atoms with Crippen molar-refractivity contribution in [1.82, 2.24) is 0 Å². The molecule has 0 atom stereocenters. The van der Waals surface area contributed by atoms with Crippen LogP contribution in [0.1, 0.15) is 30.7 Å². The molecule has 2 rings (SSSR count). The monoisotopic (exact) mass is 286 g/mol. The first-order chi connectivity index (χ1) is 9.72. The van der Waals surface area contributed by atoms with Crippen molar-refractivity contribution in [3.8, 4) is 22.3 Å². The van der Waals surface area contributed by atoms with Crippen molar-refractivity contribution in [3.05, 3.63) is 34.7 Å². The Kier molecular flexibility index (Phi) is 4.65. The average molecular weight is 286 g/mol. The zero-order chi connectivity index (χ0) is 14.5. The molecule has 0 aliphatic carbocycles. The maximum absolute atomic E-state index is 9.19. The van der Waals surface area contributed by atoms with E-state index in [1.54, 1.807) is 0 Å². The van der Waals surface area contributed by atoms with Crippen LogP contribution < -0.4 is 10.5 Å². The molecule has 0 fully saturated rings. The van der Waals surface area contributed by atoms with Gasteiger partial charge >= 0.3 is 0 Å². The van der Waals surface area contributed by atoms with E-state index in [2.05, 4.69) is 13.0 Å². The Bertz CT molecular complexity index is 640. The Hall–Kier alpha value is -1.99. The number of nitriles is 1. The summed E-state index contributed by atoms with van der Waals surface area (Å²) < 4.78 is 5.69. The van der Waals surface area contributed by atoms with Crippen LogP contribution in [0.25, 0.3) is 10.4 Å². The lowest BCUT2D eigenvalue weighted by Gasteiger charge is -2.10. The summed E-state index contributed by atoms with van der Waals surface area (Å²) in [6.07, 6.45) is 1.87. The topological polar surface area (TPSA) is 59.0 Å². The van der Waals surface area contributed by atoms with Gasteiger partial charge in [0.2, 0.25) is 0 Å². The van der Waals surface area contributed by atoms with Crippen molar-refractivity contribution in [2.24, 2.45) is 0 Å². The standard InChI is InChI=1S/C16H18N2OS/c1-3-7-12-15(18)14(10-17)20-16(12)11-8-5-6-9-13(11)19-4-2/h5-6,8-9H,3-4,7,18H2,1-2H3. The highest BCUT2D eigenvalue weighted by atomic mass is 32.1. The Balaban J connectivity index is 2.60. The Morgan fingerprint density at radius 1 is 1.30 bits per heavy atom. The van der Waals surface area contributed by atoms with E-state index in [1.807, 2.05) is 31.2 Å². The molecule has 1 heterocycles. The molecule has 0 saturated carbocycles. The lowest BCUT2D eigenvalue weighted by atomic mass is 10.0. The number of ether oxygens (including phenoxy) is 1. The summed E-state index contributed by atoms with van der Waals surface area (Å²) in [5.74, 6) is 0.845. The Labute approximate surface area is 123 Å². The van der Waals surface area contributed by atoms with Crippen LogP contribution in [-0.4, -0.2) is 6.61 Å². The second kappa shape index (κ2) is 6.44. The minimum absolute atomic E-state index is 0.592. The van der Waals surface area contributed by atoms with E-state index in [-0.39, 0.29) is 0 Å². The first-order valence-electron chi connectivity index (χ1n) is 6.76. The van der Waals surface area contributed by atoms with Gasteiger partial charge in [0.05, 0.1) is 12.3 Å². The fourth-order valence-electron chi connectivity index (χ4n) is 2.21. The van der Waals surface area contributed by atoms with Gasteiger partial charge < -0.3 is 10.5 Å². The number of hydrogen-bond donors (Lipinski definition) is 1. The molecule has 0 spiro atoms. The molecule has 0 radical (unpaired) electrons. The molecule has 0 unspecified atom stereocenters. The smallest absolute Gasteiger partial charge is 0.128 e. The van der Waals surface area contributed by atoms with Crippen LogP contribution in [-0.2, 0) is 6.42 Å². The lowest BCUT2D eigenvalue weighted by Crippen LogP contribution is -1.96. The summed E-state index contributed by atoms with van der Waals surface area (Å²) in [6.45, 7) is 4.70. The average Bonchev–Trinajstić information content (AvgIpc) is 2.77. The highest BCUT2D eigenvalue weighted by Gasteiger charge is 2.18. The van der Waals surface area contributed by atoms with Crippen molar-refractivity contribution in [1.29, 1.82) is 5.26 Å². The van der Waals surface area contributed by atoms with Gasteiger partial charge in [-0.2, -0.15) is 5.26 Å². The zero-order valence-electron chi connectivity index (χ0n) is 11.8. The largest absolute Gasteiger partial charge is 0.493 e. The van der Waals surface area contributed by atoms with Crippen molar-refractivity contribution in [3.63, 3.8) is 0 Å². The molecule has 3 nitrogen and oxygen atoms in total. The Morgan fingerprint density at radius 2 is 2.05 bits per heavy atom. The zero-order valence-corrected chi connectivity index (χ0v) is 12.6. The molecule has 4 heteroatoms. The fourth-order valence-corrected chi connectivity index (χ4v) is 3.31. The molecule has 0 saturated heterocycles. The predicted molar refractivity (Wildman–Crippen MR) is 84.0 cm³/mol. The molecule has 0 bridgehead atoms. The Morgan fingerprint density at radius 3 is 2.70 bits per heavy atom. The van der Waals surface area contributed by atoms with Crippen LogP contribution in [0.2, 0.25) is 0 Å². The molecule has 2 aromatic rings. The summed E-state index contributed by atoms with van der Waals surface area (Å²) in [5, 5.41) is 9.19. The van der Waals surface area contributed by atoms with E-state index in [9.17, 15) is 5.26 Å². The van der Waals surface area contributed by atoms with E-state index in [4.69, 9.17) is 10.5 Å². The van der Waals surface area contributed by atoms with Gasteiger partial charge in [0.15, 0.2) is 0 Å². The SMILES string of the molecule is CCCc1c(-c2ccccc2OCC)sc(C#N)c1N. The first-order valence-corrected chi connectivity index (χ1v) is 7.57. The maximum atomic E-state index is 9.19. The molecule has 0 amide bonds. The molecular formula is C16H18N2OS.